The van der Waals surface area contributed by atoms with Crippen molar-refractivity contribution in [1.82, 2.24) is 9.55 Å². The van der Waals surface area contributed by atoms with Gasteiger partial charge in [0.05, 0.1) is 17.6 Å². The number of ether oxygens (including phenoxy) is 1. The van der Waals surface area contributed by atoms with Crippen LogP contribution < -0.4 is 4.74 Å². The summed E-state index contributed by atoms with van der Waals surface area (Å²) in [4.78, 5) is 4.93. The molecule has 0 N–H and O–H groups in total. The Labute approximate surface area is 185 Å². The van der Waals surface area contributed by atoms with Crippen molar-refractivity contribution in [3.05, 3.63) is 108 Å². The van der Waals surface area contributed by atoms with Crippen LogP contribution in [-0.4, -0.2) is 16.2 Å². The Morgan fingerprint density at radius 1 is 0.839 bits per heavy atom. The van der Waals surface area contributed by atoms with E-state index < -0.39 is 0 Å². The molecule has 3 nitrogen and oxygen atoms in total. The van der Waals surface area contributed by atoms with E-state index in [1.165, 1.54) is 22.5 Å². The molecule has 0 amide bonds. The summed E-state index contributed by atoms with van der Waals surface area (Å²) in [5.74, 6) is 2.14. The van der Waals surface area contributed by atoms with Crippen molar-refractivity contribution in [2.45, 2.75) is 38.6 Å². The molecule has 0 saturated carbocycles. The summed E-state index contributed by atoms with van der Waals surface area (Å²) < 4.78 is 8.45. The van der Waals surface area contributed by atoms with Crippen LogP contribution in [-0.2, 0) is 25.8 Å². The molecule has 0 saturated heterocycles. The second kappa shape index (κ2) is 10.6. The summed E-state index contributed by atoms with van der Waals surface area (Å²) in [5, 5.41) is 0. The molecule has 1 heterocycles. The normalized spacial score (nSPS) is 11.0. The third kappa shape index (κ3) is 5.43. The van der Waals surface area contributed by atoms with Crippen molar-refractivity contribution in [1.29, 1.82) is 0 Å². The lowest BCUT2D eigenvalue weighted by Gasteiger charge is -2.12. The fourth-order valence-corrected chi connectivity index (χ4v) is 3.99. The summed E-state index contributed by atoms with van der Waals surface area (Å²) in [7, 11) is 0. The standard InChI is InChI=1S/C28H30N2O/c1-2-12-24-15-6-9-18-27(24)31-22-11-10-21-30-26-17-8-7-16-25(26)29-28(30)20-19-23-13-4-3-5-14-23/h2-9,13-18H,1,10-12,19-22H2. The van der Waals surface area contributed by atoms with Crippen LogP contribution in [0.1, 0.15) is 29.8 Å². The predicted octanol–water partition coefficient (Wildman–Crippen LogP) is 6.41. The number of imidazole rings is 1. The molecule has 3 aromatic carbocycles. The maximum Gasteiger partial charge on any atom is 0.122 e. The van der Waals surface area contributed by atoms with Crippen LogP contribution in [0.5, 0.6) is 5.75 Å². The Bertz CT molecular complexity index is 1110. The Hall–Kier alpha value is -3.33. The fourth-order valence-electron chi connectivity index (χ4n) is 3.99. The zero-order chi connectivity index (χ0) is 21.3. The molecule has 4 rings (SSSR count). The molecule has 0 unspecified atom stereocenters. The van der Waals surface area contributed by atoms with E-state index in [9.17, 15) is 0 Å². The molecule has 0 spiro atoms. The number of hydrogen-bond acceptors (Lipinski definition) is 2. The molecule has 0 atom stereocenters. The summed E-state index contributed by atoms with van der Waals surface area (Å²) in [6.07, 6.45) is 6.78. The summed E-state index contributed by atoms with van der Waals surface area (Å²) in [6.45, 7) is 5.52. The fraction of sp³-hybridized carbons (Fsp3) is 0.250. The molecule has 0 aliphatic carbocycles. The van der Waals surface area contributed by atoms with Gasteiger partial charge in [-0.05, 0) is 55.0 Å². The van der Waals surface area contributed by atoms with Crippen molar-refractivity contribution in [3.63, 3.8) is 0 Å². The highest BCUT2D eigenvalue weighted by atomic mass is 16.5. The van der Waals surface area contributed by atoms with Gasteiger partial charge in [0.1, 0.15) is 11.6 Å². The number of aryl methyl sites for hydroxylation is 3. The third-order valence-corrected chi connectivity index (χ3v) is 5.58. The molecule has 0 aliphatic heterocycles. The maximum absolute atomic E-state index is 6.06. The van der Waals surface area contributed by atoms with Crippen molar-refractivity contribution >= 4 is 11.0 Å². The minimum Gasteiger partial charge on any atom is -0.493 e. The van der Waals surface area contributed by atoms with Gasteiger partial charge in [-0.2, -0.15) is 0 Å². The van der Waals surface area contributed by atoms with E-state index in [1.54, 1.807) is 0 Å². The predicted molar refractivity (Wildman–Crippen MR) is 129 cm³/mol. The topological polar surface area (TPSA) is 27.1 Å². The van der Waals surface area contributed by atoms with Crippen LogP contribution in [0.25, 0.3) is 11.0 Å². The zero-order valence-electron chi connectivity index (χ0n) is 18.0. The molecule has 158 valence electrons. The number of fused-ring (bicyclic) bond motifs is 1. The van der Waals surface area contributed by atoms with Crippen molar-refractivity contribution in [2.24, 2.45) is 0 Å². The van der Waals surface area contributed by atoms with Gasteiger partial charge in [0, 0.05) is 13.0 Å². The van der Waals surface area contributed by atoms with E-state index in [1.807, 2.05) is 24.3 Å². The molecular formula is C28H30N2O. The molecule has 4 aromatic rings. The first-order chi connectivity index (χ1) is 15.3. The molecule has 0 radical (unpaired) electrons. The number of aromatic nitrogens is 2. The molecular weight excluding hydrogens is 380 g/mol. The highest BCUT2D eigenvalue weighted by Gasteiger charge is 2.10. The first kappa shape index (κ1) is 20.9. The lowest BCUT2D eigenvalue weighted by atomic mass is 10.1. The van der Waals surface area contributed by atoms with E-state index in [-0.39, 0.29) is 0 Å². The molecule has 31 heavy (non-hydrogen) atoms. The quantitative estimate of drug-likeness (QED) is 0.211. The van der Waals surface area contributed by atoms with E-state index in [4.69, 9.17) is 9.72 Å². The van der Waals surface area contributed by atoms with Gasteiger partial charge in [-0.1, -0.05) is 66.7 Å². The van der Waals surface area contributed by atoms with Gasteiger partial charge in [0.15, 0.2) is 0 Å². The highest BCUT2D eigenvalue weighted by molar-refractivity contribution is 5.75. The average molecular weight is 411 g/mol. The number of nitrogens with zero attached hydrogens (tertiary/aromatic N) is 2. The summed E-state index contributed by atoms with van der Waals surface area (Å²) in [6, 6.07) is 27.3. The molecule has 0 bridgehead atoms. The smallest absolute Gasteiger partial charge is 0.122 e. The van der Waals surface area contributed by atoms with Gasteiger partial charge >= 0.3 is 0 Å². The number of hydrogen-bond donors (Lipinski definition) is 0. The molecule has 0 aliphatic rings. The lowest BCUT2D eigenvalue weighted by molar-refractivity contribution is 0.301. The van der Waals surface area contributed by atoms with Crippen molar-refractivity contribution < 1.29 is 4.74 Å². The van der Waals surface area contributed by atoms with Crippen LogP contribution in [0.2, 0.25) is 0 Å². The average Bonchev–Trinajstić information content (AvgIpc) is 3.17. The summed E-state index contributed by atoms with van der Waals surface area (Å²) in [5.41, 5.74) is 4.86. The van der Waals surface area contributed by atoms with Gasteiger partial charge in [-0.25, -0.2) is 4.98 Å². The van der Waals surface area contributed by atoms with Gasteiger partial charge in [0.25, 0.3) is 0 Å². The van der Waals surface area contributed by atoms with Crippen molar-refractivity contribution in [3.8, 4) is 5.75 Å². The number of unbranched alkanes of at least 4 members (excludes halogenated alkanes) is 1. The van der Waals surface area contributed by atoms with Gasteiger partial charge in [-0.3, -0.25) is 0 Å². The van der Waals surface area contributed by atoms with E-state index in [0.717, 1.165) is 56.5 Å². The number of benzene rings is 3. The monoisotopic (exact) mass is 410 g/mol. The van der Waals surface area contributed by atoms with E-state index in [2.05, 4.69) is 71.8 Å². The van der Waals surface area contributed by atoms with Gasteiger partial charge in [0.2, 0.25) is 0 Å². The second-order valence-corrected chi connectivity index (χ2v) is 7.81. The first-order valence-corrected chi connectivity index (χ1v) is 11.1. The van der Waals surface area contributed by atoms with Crippen LogP contribution in [0.3, 0.4) is 0 Å². The third-order valence-electron chi connectivity index (χ3n) is 5.58. The Morgan fingerprint density at radius 3 is 2.48 bits per heavy atom. The summed E-state index contributed by atoms with van der Waals surface area (Å²) >= 11 is 0. The number of rotatable bonds is 11. The van der Waals surface area contributed by atoms with E-state index in [0.29, 0.717) is 0 Å². The molecule has 0 fully saturated rings. The van der Waals surface area contributed by atoms with Crippen LogP contribution in [0.15, 0.2) is 91.5 Å². The first-order valence-electron chi connectivity index (χ1n) is 11.1. The number of para-hydroxylation sites is 3. The van der Waals surface area contributed by atoms with Gasteiger partial charge < -0.3 is 9.30 Å². The van der Waals surface area contributed by atoms with Crippen molar-refractivity contribution in [2.75, 3.05) is 6.61 Å². The SMILES string of the molecule is C=CCc1ccccc1OCCCCn1c(CCc2ccccc2)nc2ccccc21. The Kier molecular flexibility index (Phi) is 7.17. The zero-order valence-corrected chi connectivity index (χ0v) is 18.0. The molecule has 1 aromatic heterocycles. The van der Waals surface area contributed by atoms with Crippen LogP contribution in [0, 0.1) is 0 Å². The minimum atomic E-state index is 0.722. The lowest BCUT2D eigenvalue weighted by Crippen LogP contribution is -2.07. The van der Waals surface area contributed by atoms with Gasteiger partial charge in [-0.15, -0.1) is 6.58 Å². The minimum absolute atomic E-state index is 0.722. The Balaban J connectivity index is 1.37. The van der Waals surface area contributed by atoms with Crippen LogP contribution >= 0.6 is 0 Å². The van der Waals surface area contributed by atoms with E-state index >= 15 is 0 Å². The van der Waals surface area contributed by atoms with Crippen LogP contribution in [0.4, 0.5) is 0 Å². The second-order valence-electron chi connectivity index (χ2n) is 7.81. The highest BCUT2D eigenvalue weighted by Crippen LogP contribution is 2.21. The molecule has 3 heteroatoms. The largest absolute Gasteiger partial charge is 0.493 e. The number of allylic oxidation sites excluding steroid dienone is 1. The Morgan fingerprint density at radius 2 is 1.61 bits per heavy atom. The maximum atomic E-state index is 6.06.